The Bertz CT molecular complexity index is 779. The average molecular weight is 409 g/mol. The van der Waals surface area contributed by atoms with Crippen LogP contribution in [0.25, 0.3) is 0 Å². The van der Waals surface area contributed by atoms with Crippen molar-refractivity contribution in [3.8, 4) is 5.75 Å². The minimum Gasteiger partial charge on any atom is -0.492 e. The zero-order valence-electron chi connectivity index (χ0n) is 15.1. The third kappa shape index (κ3) is 7.89. The first-order valence-corrected chi connectivity index (χ1v) is 9.41. The van der Waals surface area contributed by atoms with Gasteiger partial charge in [-0.3, -0.25) is 9.59 Å². The van der Waals surface area contributed by atoms with Crippen LogP contribution < -0.4 is 15.4 Å². The molecular formula is C20H22Cl2N2O3. The first-order valence-electron chi connectivity index (χ1n) is 8.65. The summed E-state index contributed by atoms with van der Waals surface area (Å²) in [5.41, 5.74) is 1.85. The highest BCUT2D eigenvalue weighted by atomic mass is 35.5. The summed E-state index contributed by atoms with van der Waals surface area (Å²) in [7, 11) is 0. The number of anilines is 1. The fraction of sp³-hybridized carbons (Fsp3) is 0.300. The highest BCUT2D eigenvalue weighted by Crippen LogP contribution is 2.27. The van der Waals surface area contributed by atoms with Gasteiger partial charge < -0.3 is 15.4 Å². The number of hydrogen-bond acceptors (Lipinski definition) is 3. The highest BCUT2D eigenvalue weighted by Gasteiger charge is 2.05. The number of amides is 2. The van der Waals surface area contributed by atoms with E-state index in [1.54, 1.807) is 18.2 Å². The van der Waals surface area contributed by atoms with Gasteiger partial charge in [0.15, 0.2) is 0 Å². The fourth-order valence-electron chi connectivity index (χ4n) is 2.40. The molecule has 2 aromatic carbocycles. The minimum absolute atomic E-state index is 0.0179. The van der Waals surface area contributed by atoms with E-state index < -0.39 is 0 Å². The summed E-state index contributed by atoms with van der Waals surface area (Å²) >= 11 is 11.9. The van der Waals surface area contributed by atoms with Gasteiger partial charge in [0, 0.05) is 30.6 Å². The zero-order chi connectivity index (χ0) is 19.6. The first-order chi connectivity index (χ1) is 12.9. The second-order valence-corrected chi connectivity index (χ2v) is 6.85. The predicted molar refractivity (Wildman–Crippen MR) is 109 cm³/mol. The van der Waals surface area contributed by atoms with Crippen LogP contribution in [0.3, 0.4) is 0 Å². The van der Waals surface area contributed by atoms with E-state index in [9.17, 15) is 9.59 Å². The van der Waals surface area contributed by atoms with Gasteiger partial charge in [-0.2, -0.15) is 0 Å². The van der Waals surface area contributed by atoms with E-state index in [0.717, 1.165) is 17.7 Å². The molecule has 2 aromatic rings. The average Bonchev–Trinajstić information content (AvgIpc) is 2.61. The van der Waals surface area contributed by atoms with Crippen molar-refractivity contribution in [2.24, 2.45) is 0 Å². The summed E-state index contributed by atoms with van der Waals surface area (Å²) in [6.07, 6.45) is 1.70. The van der Waals surface area contributed by atoms with E-state index in [2.05, 4.69) is 10.6 Å². The maximum absolute atomic E-state index is 11.9. The second kappa shape index (κ2) is 10.8. The SMILES string of the molecule is CC(=O)Nc1ccc(CCNC(=O)CCCOc2ccc(Cl)cc2Cl)cc1. The molecule has 0 radical (unpaired) electrons. The van der Waals surface area contributed by atoms with E-state index in [0.29, 0.717) is 41.8 Å². The van der Waals surface area contributed by atoms with E-state index in [1.165, 1.54) is 6.92 Å². The molecule has 0 saturated carbocycles. The Hall–Kier alpha value is -2.24. The molecule has 0 unspecified atom stereocenters. The number of halogens is 2. The normalized spacial score (nSPS) is 10.3. The molecule has 0 saturated heterocycles. The Balaban J connectivity index is 1.61. The van der Waals surface area contributed by atoms with Gasteiger partial charge >= 0.3 is 0 Å². The summed E-state index contributed by atoms with van der Waals surface area (Å²) < 4.78 is 5.55. The summed E-state index contributed by atoms with van der Waals surface area (Å²) in [6.45, 7) is 2.43. The molecule has 2 amide bonds. The number of hydrogen-bond donors (Lipinski definition) is 2. The molecule has 2 rings (SSSR count). The minimum atomic E-state index is -0.0997. The largest absolute Gasteiger partial charge is 0.492 e. The van der Waals surface area contributed by atoms with E-state index >= 15 is 0 Å². The molecular weight excluding hydrogens is 387 g/mol. The molecule has 0 atom stereocenters. The van der Waals surface area contributed by atoms with Crippen molar-refractivity contribution in [3.05, 3.63) is 58.1 Å². The van der Waals surface area contributed by atoms with Crippen molar-refractivity contribution in [1.82, 2.24) is 5.32 Å². The van der Waals surface area contributed by atoms with Gasteiger partial charge in [-0.15, -0.1) is 0 Å². The lowest BCUT2D eigenvalue weighted by molar-refractivity contribution is -0.121. The van der Waals surface area contributed by atoms with Crippen LogP contribution in [0, 0.1) is 0 Å². The molecule has 0 bridgehead atoms. The molecule has 0 aromatic heterocycles. The Morgan fingerprint density at radius 2 is 1.81 bits per heavy atom. The number of carbonyl (C=O) groups is 2. The molecule has 2 N–H and O–H groups in total. The smallest absolute Gasteiger partial charge is 0.221 e. The molecule has 5 nitrogen and oxygen atoms in total. The van der Waals surface area contributed by atoms with Crippen LogP contribution in [0.15, 0.2) is 42.5 Å². The molecule has 0 fully saturated rings. The maximum Gasteiger partial charge on any atom is 0.221 e. The molecule has 0 aliphatic carbocycles. The van der Waals surface area contributed by atoms with Crippen molar-refractivity contribution in [2.45, 2.75) is 26.2 Å². The lowest BCUT2D eigenvalue weighted by Gasteiger charge is -2.09. The van der Waals surface area contributed by atoms with E-state index in [1.807, 2.05) is 24.3 Å². The lowest BCUT2D eigenvalue weighted by Crippen LogP contribution is -2.25. The Morgan fingerprint density at radius 1 is 1.07 bits per heavy atom. The number of rotatable bonds is 9. The molecule has 144 valence electrons. The van der Waals surface area contributed by atoms with Crippen LogP contribution in [0.4, 0.5) is 5.69 Å². The van der Waals surface area contributed by atoms with Crippen LogP contribution in [0.1, 0.15) is 25.3 Å². The summed E-state index contributed by atoms with van der Waals surface area (Å²) in [6, 6.07) is 12.6. The molecule has 0 heterocycles. The monoisotopic (exact) mass is 408 g/mol. The molecule has 7 heteroatoms. The Morgan fingerprint density at radius 3 is 2.48 bits per heavy atom. The third-order valence-corrected chi connectivity index (χ3v) is 4.24. The molecule has 27 heavy (non-hydrogen) atoms. The standard InChI is InChI=1S/C20H22Cl2N2O3/c1-14(25)24-17-7-4-15(5-8-17)10-11-23-20(26)3-2-12-27-19-9-6-16(21)13-18(19)22/h4-9,13H,2-3,10-12H2,1H3,(H,23,26)(H,24,25). The van der Waals surface area contributed by atoms with E-state index in [-0.39, 0.29) is 11.8 Å². The number of carbonyl (C=O) groups excluding carboxylic acids is 2. The molecule has 0 spiro atoms. The lowest BCUT2D eigenvalue weighted by atomic mass is 10.1. The van der Waals surface area contributed by atoms with Gasteiger partial charge in [0.05, 0.1) is 11.6 Å². The van der Waals surface area contributed by atoms with Crippen molar-refractivity contribution >= 4 is 40.7 Å². The van der Waals surface area contributed by atoms with Gasteiger partial charge in [0.2, 0.25) is 11.8 Å². The Kier molecular flexibility index (Phi) is 8.43. The Labute approximate surface area is 169 Å². The number of benzene rings is 2. The molecule has 0 aliphatic rings. The van der Waals surface area contributed by atoms with Crippen LogP contribution >= 0.6 is 23.2 Å². The zero-order valence-corrected chi connectivity index (χ0v) is 16.6. The maximum atomic E-state index is 11.9. The van der Waals surface area contributed by atoms with E-state index in [4.69, 9.17) is 27.9 Å². The molecule has 0 aliphatic heterocycles. The van der Waals surface area contributed by atoms with Crippen molar-refractivity contribution in [2.75, 3.05) is 18.5 Å². The van der Waals surface area contributed by atoms with Gasteiger partial charge in [-0.1, -0.05) is 35.3 Å². The summed E-state index contributed by atoms with van der Waals surface area (Å²) in [5.74, 6) is 0.442. The van der Waals surface area contributed by atoms with Crippen LogP contribution in [0.2, 0.25) is 10.0 Å². The second-order valence-electron chi connectivity index (χ2n) is 6.00. The van der Waals surface area contributed by atoms with Gasteiger partial charge in [0.1, 0.15) is 5.75 Å². The summed E-state index contributed by atoms with van der Waals surface area (Å²) in [5, 5.41) is 6.61. The summed E-state index contributed by atoms with van der Waals surface area (Å²) in [4.78, 5) is 22.9. The van der Waals surface area contributed by atoms with Gasteiger partial charge in [-0.05, 0) is 48.7 Å². The number of nitrogens with one attached hydrogen (secondary N) is 2. The first kappa shape index (κ1) is 21.1. The van der Waals surface area contributed by atoms with Crippen molar-refractivity contribution in [1.29, 1.82) is 0 Å². The van der Waals surface area contributed by atoms with Crippen LogP contribution in [-0.4, -0.2) is 25.0 Å². The quantitative estimate of drug-likeness (QED) is 0.601. The van der Waals surface area contributed by atoms with Crippen LogP contribution in [-0.2, 0) is 16.0 Å². The predicted octanol–water partition coefficient (Wildman–Crippen LogP) is 4.47. The van der Waals surface area contributed by atoms with Gasteiger partial charge in [-0.25, -0.2) is 0 Å². The topological polar surface area (TPSA) is 67.4 Å². The van der Waals surface area contributed by atoms with Gasteiger partial charge in [0.25, 0.3) is 0 Å². The van der Waals surface area contributed by atoms with Crippen LogP contribution in [0.5, 0.6) is 5.75 Å². The van der Waals surface area contributed by atoms with Crippen molar-refractivity contribution in [3.63, 3.8) is 0 Å². The fourth-order valence-corrected chi connectivity index (χ4v) is 2.86. The number of ether oxygens (including phenoxy) is 1. The van der Waals surface area contributed by atoms with Crippen molar-refractivity contribution < 1.29 is 14.3 Å². The highest BCUT2D eigenvalue weighted by molar-refractivity contribution is 6.35. The third-order valence-electron chi connectivity index (χ3n) is 3.71.